The van der Waals surface area contributed by atoms with Crippen LogP contribution in [0.3, 0.4) is 0 Å². The van der Waals surface area contributed by atoms with Crippen molar-refractivity contribution >= 4 is 17.2 Å². The van der Waals surface area contributed by atoms with E-state index in [0.717, 1.165) is 0 Å². The van der Waals surface area contributed by atoms with Crippen molar-refractivity contribution in [3.8, 4) is 0 Å². The summed E-state index contributed by atoms with van der Waals surface area (Å²) in [5, 5.41) is 1.96. The molecule has 0 aromatic rings. The molecule has 1 atom stereocenters. The standard InChI is InChI=1S/C2H4N2O4S/c5-2(4-6)1-3-9(7)8/h3H,1H2,(H,7,8). The van der Waals surface area contributed by atoms with Gasteiger partial charge in [0.25, 0.3) is 0 Å². The average Bonchev–Trinajstić information content (AvgIpc) is 1.83. The summed E-state index contributed by atoms with van der Waals surface area (Å²) in [5.41, 5.74) is 0. The molecule has 1 amide bonds. The Bertz CT molecular complexity index is 146. The number of nitrogens with zero attached hydrogens (tertiary/aromatic N) is 1. The molecule has 0 radical (unpaired) electrons. The van der Waals surface area contributed by atoms with Crippen LogP contribution in [0.15, 0.2) is 5.18 Å². The van der Waals surface area contributed by atoms with E-state index in [2.05, 4.69) is 0 Å². The van der Waals surface area contributed by atoms with Crippen LogP contribution in [0, 0.1) is 4.91 Å². The first kappa shape index (κ1) is 8.34. The molecule has 0 fully saturated rings. The first-order valence-electron chi connectivity index (χ1n) is 1.87. The minimum Gasteiger partial charge on any atom is -0.294 e. The fourth-order valence-electron chi connectivity index (χ4n) is 0.156. The molecule has 0 aliphatic rings. The van der Waals surface area contributed by atoms with Crippen molar-refractivity contribution in [1.29, 1.82) is 0 Å². The number of carbonyl (C=O) groups is 1. The Hall–Kier alpha value is -0.660. The molecule has 0 aromatic carbocycles. The van der Waals surface area contributed by atoms with E-state index in [1.807, 2.05) is 5.18 Å². The van der Waals surface area contributed by atoms with Crippen LogP contribution in [0.4, 0.5) is 0 Å². The Kier molecular flexibility index (Phi) is 3.93. The largest absolute Gasteiger partial charge is 0.301 e. The molecule has 2 N–H and O–H groups in total. The highest BCUT2D eigenvalue weighted by Crippen LogP contribution is 1.70. The first-order chi connectivity index (χ1) is 4.16. The predicted molar refractivity (Wildman–Crippen MR) is 29.6 cm³/mol. The van der Waals surface area contributed by atoms with E-state index >= 15 is 0 Å². The molecular weight excluding hydrogens is 148 g/mol. The van der Waals surface area contributed by atoms with Crippen molar-refractivity contribution in [1.82, 2.24) is 4.72 Å². The molecule has 6 nitrogen and oxygen atoms in total. The van der Waals surface area contributed by atoms with Gasteiger partial charge in [-0.1, -0.05) is 0 Å². The summed E-state index contributed by atoms with van der Waals surface area (Å²) >= 11 is -2.26. The van der Waals surface area contributed by atoms with E-state index in [1.165, 1.54) is 0 Å². The van der Waals surface area contributed by atoms with Crippen molar-refractivity contribution in [2.24, 2.45) is 5.18 Å². The molecule has 0 saturated carbocycles. The maximum Gasteiger partial charge on any atom is 0.301 e. The zero-order chi connectivity index (χ0) is 7.28. The second kappa shape index (κ2) is 4.24. The molecule has 0 bridgehead atoms. The predicted octanol–water partition coefficient (Wildman–Crippen LogP) is -0.994. The van der Waals surface area contributed by atoms with Gasteiger partial charge in [0.1, 0.15) is 0 Å². The van der Waals surface area contributed by atoms with Gasteiger partial charge >= 0.3 is 5.91 Å². The number of nitroso groups, excluding NO2 is 1. The van der Waals surface area contributed by atoms with Gasteiger partial charge in [0, 0.05) is 5.18 Å². The van der Waals surface area contributed by atoms with E-state index in [0.29, 0.717) is 0 Å². The molecule has 1 unspecified atom stereocenters. The van der Waals surface area contributed by atoms with E-state index in [-0.39, 0.29) is 0 Å². The van der Waals surface area contributed by atoms with Gasteiger partial charge in [-0.05, 0) is 0 Å². The summed E-state index contributed by atoms with van der Waals surface area (Å²) in [6.07, 6.45) is 0. The Morgan fingerprint density at radius 2 is 2.33 bits per heavy atom. The van der Waals surface area contributed by atoms with Gasteiger partial charge in [0.05, 0.1) is 6.54 Å². The van der Waals surface area contributed by atoms with Gasteiger partial charge in [-0.25, -0.2) is 8.93 Å². The monoisotopic (exact) mass is 152 g/mol. The third-order valence-corrected chi connectivity index (χ3v) is 0.840. The molecular formula is C2H4N2O4S. The van der Waals surface area contributed by atoms with Gasteiger partial charge in [0.2, 0.25) is 11.3 Å². The van der Waals surface area contributed by atoms with E-state index in [9.17, 15) is 13.9 Å². The minimum absolute atomic E-state index is 0.507. The highest BCUT2D eigenvalue weighted by atomic mass is 32.2. The van der Waals surface area contributed by atoms with Crippen molar-refractivity contribution in [2.75, 3.05) is 6.54 Å². The average molecular weight is 152 g/mol. The van der Waals surface area contributed by atoms with Crippen LogP contribution in [0.1, 0.15) is 0 Å². The lowest BCUT2D eigenvalue weighted by Crippen LogP contribution is -2.22. The van der Waals surface area contributed by atoms with Crippen LogP contribution < -0.4 is 4.72 Å². The summed E-state index contributed by atoms with van der Waals surface area (Å²) in [5.74, 6) is -1.00. The van der Waals surface area contributed by atoms with Crippen LogP contribution in [0.2, 0.25) is 0 Å². The van der Waals surface area contributed by atoms with Crippen molar-refractivity contribution in [2.45, 2.75) is 0 Å². The summed E-state index contributed by atoms with van der Waals surface area (Å²) in [6.45, 7) is -0.507. The SMILES string of the molecule is O=NC(=O)CNS(=O)O. The second-order valence-corrected chi connectivity index (χ2v) is 1.84. The first-order valence-corrected chi connectivity index (χ1v) is 2.98. The normalized spacial score (nSPS) is 12.6. The molecule has 0 aromatic heterocycles. The fraction of sp³-hybridized carbons (Fsp3) is 0.500. The lowest BCUT2D eigenvalue weighted by Gasteiger charge is -1.89. The van der Waals surface area contributed by atoms with Crippen LogP contribution in [0.25, 0.3) is 0 Å². The molecule has 0 rings (SSSR count). The molecule has 0 heterocycles. The third kappa shape index (κ3) is 5.21. The van der Waals surface area contributed by atoms with Crippen molar-refractivity contribution in [3.05, 3.63) is 4.91 Å². The Labute approximate surface area is 53.0 Å². The lowest BCUT2D eigenvalue weighted by atomic mass is 10.7. The lowest BCUT2D eigenvalue weighted by molar-refractivity contribution is -0.116. The minimum atomic E-state index is -2.26. The smallest absolute Gasteiger partial charge is 0.294 e. The number of hydrogen-bond donors (Lipinski definition) is 2. The summed E-state index contributed by atoms with van der Waals surface area (Å²) in [7, 11) is 0. The summed E-state index contributed by atoms with van der Waals surface area (Å²) < 4.78 is 19.5. The summed E-state index contributed by atoms with van der Waals surface area (Å²) in [6, 6.07) is 0. The number of nitrogens with one attached hydrogen (secondary N) is 1. The van der Waals surface area contributed by atoms with Gasteiger partial charge in [-0.15, -0.1) is 4.91 Å². The maximum atomic E-state index is 9.93. The number of hydrogen-bond acceptors (Lipinski definition) is 3. The van der Waals surface area contributed by atoms with Crippen LogP contribution in [0.5, 0.6) is 0 Å². The number of amides is 1. The van der Waals surface area contributed by atoms with E-state index < -0.39 is 23.7 Å². The highest BCUT2D eigenvalue weighted by Gasteiger charge is 1.99. The second-order valence-electron chi connectivity index (χ2n) is 1.06. The van der Waals surface area contributed by atoms with Gasteiger partial charge in [-0.2, -0.15) is 0 Å². The molecule has 9 heavy (non-hydrogen) atoms. The van der Waals surface area contributed by atoms with Crippen molar-refractivity contribution in [3.63, 3.8) is 0 Å². The zero-order valence-electron chi connectivity index (χ0n) is 4.23. The zero-order valence-corrected chi connectivity index (χ0v) is 5.05. The number of rotatable bonds is 3. The molecule has 0 aliphatic heterocycles. The highest BCUT2D eigenvalue weighted by molar-refractivity contribution is 7.77. The van der Waals surface area contributed by atoms with Crippen molar-refractivity contribution < 1.29 is 13.6 Å². The number of carbonyl (C=O) groups excluding carboxylic acids is 1. The molecule has 0 aliphatic carbocycles. The Morgan fingerprint density at radius 3 is 2.67 bits per heavy atom. The van der Waals surface area contributed by atoms with Crippen LogP contribution >= 0.6 is 0 Å². The van der Waals surface area contributed by atoms with E-state index in [4.69, 9.17) is 4.55 Å². The van der Waals surface area contributed by atoms with Crippen LogP contribution in [-0.4, -0.2) is 21.2 Å². The molecule has 7 heteroatoms. The Morgan fingerprint density at radius 1 is 1.78 bits per heavy atom. The molecule has 52 valence electrons. The van der Waals surface area contributed by atoms with Crippen LogP contribution in [-0.2, 0) is 16.1 Å². The maximum absolute atomic E-state index is 9.93. The van der Waals surface area contributed by atoms with Gasteiger partial charge < -0.3 is 0 Å². The Balaban J connectivity index is 3.39. The molecule has 0 spiro atoms. The third-order valence-electron chi connectivity index (χ3n) is 0.449. The van der Waals surface area contributed by atoms with Gasteiger partial charge in [-0.3, -0.25) is 9.35 Å². The quantitative estimate of drug-likeness (QED) is 0.400. The van der Waals surface area contributed by atoms with E-state index in [1.54, 1.807) is 4.72 Å². The fourth-order valence-corrected chi connectivity index (χ4v) is 0.403. The molecule has 0 saturated heterocycles. The van der Waals surface area contributed by atoms with Gasteiger partial charge in [0.15, 0.2) is 0 Å². The topological polar surface area (TPSA) is 95.8 Å². The summed E-state index contributed by atoms with van der Waals surface area (Å²) in [4.78, 5) is 19.2.